The van der Waals surface area contributed by atoms with Gasteiger partial charge in [0.25, 0.3) is 0 Å². The molecule has 6 nitrogen and oxygen atoms in total. The Labute approximate surface area is 215 Å². The van der Waals surface area contributed by atoms with E-state index in [1.807, 2.05) is 0 Å². The molecular formula is C30H46O6. The van der Waals surface area contributed by atoms with Crippen LogP contribution in [0.1, 0.15) is 99.3 Å². The van der Waals surface area contributed by atoms with E-state index in [2.05, 4.69) is 40.7 Å². The van der Waals surface area contributed by atoms with E-state index in [-0.39, 0.29) is 28.1 Å². The third-order valence-electron chi connectivity index (χ3n) is 13.1. The number of fused-ring (bicyclic) bond motifs is 7. The maximum Gasteiger partial charge on any atom is 0.312 e. The average Bonchev–Trinajstić information content (AvgIpc) is 2.76. The number of aliphatic carboxylic acids is 2. The normalized spacial score (nSPS) is 53.7. The highest BCUT2D eigenvalue weighted by Crippen LogP contribution is 2.74. The van der Waals surface area contributed by atoms with Gasteiger partial charge in [-0.05, 0) is 98.7 Å². The lowest BCUT2D eigenvalue weighted by Gasteiger charge is -2.70. The number of hydrogen-bond donors (Lipinski definition) is 4. The van der Waals surface area contributed by atoms with Gasteiger partial charge in [0.2, 0.25) is 0 Å². The van der Waals surface area contributed by atoms with Crippen LogP contribution in [0.2, 0.25) is 0 Å². The topological polar surface area (TPSA) is 115 Å². The lowest BCUT2D eigenvalue weighted by Crippen LogP contribution is -2.68. The monoisotopic (exact) mass is 502 g/mol. The van der Waals surface area contributed by atoms with Crippen LogP contribution in [0.4, 0.5) is 0 Å². The number of carboxylic acids is 2. The number of hydrogen-bond acceptors (Lipinski definition) is 4. The molecule has 4 N–H and O–H groups in total. The Morgan fingerprint density at radius 2 is 1.53 bits per heavy atom. The zero-order valence-corrected chi connectivity index (χ0v) is 22.9. The number of rotatable bonds is 2. The molecule has 0 aromatic carbocycles. The molecular weight excluding hydrogens is 456 g/mol. The van der Waals surface area contributed by atoms with Crippen LogP contribution in [0, 0.1) is 50.2 Å². The van der Waals surface area contributed by atoms with Gasteiger partial charge in [0.05, 0.1) is 23.0 Å². The third-order valence-corrected chi connectivity index (χ3v) is 13.1. The molecule has 4 fully saturated rings. The van der Waals surface area contributed by atoms with Gasteiger partial charge in [0, 0.05) is 5.41 Å². The number of carboxylic acid groups (broad SMARTS) is 2. The van der Waals surface area contributed by atoms with Crippen LogP contribution in [0.25, 0.3) is 0 Å². The van der Waals surface area contributed by atoms with Crippen molar-refractivity contribution in [2.45, 2.75) is 112 Å². The molecule has 0 heterocycles. The Kier molecular flexibility index (Phi) is 5.53. The molecule has 4 saturated carbocycles. The smallest absolute Gasteiger partial charge is 0.312 e. The van der Waals surface area contributed by atoms with Crippen molar-refractivity contribution in [3.63, 3.8) is 0 Å². The van der Waals surface area contributed by atoms with E-state index in [1.165, 1.54) is 5.57 Å². The molecule has 9 unspecified atom stereocenters. The molecule has 5 rings (SSSR count). The molecule has 10 atom stereocenters. The second-order valence-electron chi connectivity index (χ2n) is 14.9. The average molecular weight is 503 g/mol. The van der Waals surface area contributed by atoms with Gasteiger partial charge in [-0.15, -0.1) is 0 Å². The second-order valence-corrected chi connectivity index (χ2v) is 14.9. The summed E-state index contributed by atoms with van der Waals surface area (Å²) in [6.07, 6.45) is 6.82. The predicted octanol–water partition coefficient (Wildman–Crippen LogP) is 5.27. The summed E-state index contributed by atoms with van der Waals surface area (Å²) in [7, 11) is 0. The first kappa shape index (κ1) is 26.2. The van der Waals surface area contributed by atoms with Crippen molar-refractivity contribution in [1.29, 1.82) is 0 Å². The first-order valence-corrected chi connectivity index (χ1v) is 14.0. The van der Waals surface area contributed by atoms with Crippen LogP contribution in [0.3, 0.4) is 0 Å². The van der Waals surface area contributed by atoms with Crippen LogP contribution < -0.4 is 0 Å². The van der Waals surface area contributed by atoms with Gasteiger partial charge in [-0.25, -0.2) is 0 Å². The van der Waals surface area contributed by atoms with Crippen LogP contribution in [0.15, 0.2) is 11.6 Å². The molecule has 5 aliphatic rings. The van der Waals surface area contributed by atoms with Crippen molar-refractivity contribution in [2.24, 2.45) is 50.2 Å². The first-order valence-electron chi connectivity index (χ1n) is 14.0. The third kappa shape index (κ3) is 2.92. The van der Waals surface area contributed by atoms with Crippen LogP contribution in [-0.2, 0) is 9.59 Å². The maximum atomic E-state index is 12.9. The molecule has 0 saturated heterocycles. The Bertz CT molecular complexity index is 1020. The zero-order chi connectivity index (χ0) is 26.7. The molecule has 0 spiro atoms. The summed E-state index contributed by atoms with van der Waals surface area (Å²) in [5.74, 6) is -1.31. The number of aliphatic hydroxyl groups is 2. The minimum atomic E-state index is -1.39. The van der Waals surface area contributed by atoms with Gasteiger partial charge in [-0.3, -0.25) is 9.59 Å². The van der Waals surface area contributed by atoms with Crippen LogP contribution in [-0.4, -0.2) is 44.6 Å². The SMILES string of the molecule is CC1(C)CCC2(C(=O)O)CCC3C(=CC[C@@]4(C)C3CCC3C(C)(C(=O)O)C(O)C(O)CC34C)C2(C)C1. The van der Waals surface area contributed by atoms with Crippen LogP contribution in [0.5, 0.6) is 0 Å². The van der Waals surface area contributed by atoms with Gasteiger partial charge in [0.15, 0.2) is 0 Å². The summed E-state index contributed by atoms with van der Waals surface area (Å²) in [5, 5.41) is 42.7. The summed E-state index contributed by atoms with van der Waals surface area (Å²) < 4.78 is 0. The predicted molar refractivity (Wildman–Crippen MR) is 136 cm³/mol. The quantitative estimate of drug-likeness (QED) is 0.383. The highest BCUT2D eigenvalue weighted by atomic mass is 16.4. The van der Waals surface area contributed by atoms with Gasteiger partial charge in [0.1, 0.15) is 0 Å². The minimum absolute atomic E-state index is 0.0910. The van der Waals surface area contributed by atoms with Gasteiger partial charge >= 0.3 is 11.9 Å². The Morgan fingerprint density at radius 3 is 2.14 bits per heavy atom. The van der Waals surface area contributed by atoms with E-state index >= 15 is 0 Å². The number of allylic oxidation sites excluding steroid dienone is 2. The zero-order valence-electron chi connectivity index (χ0n) is 22.9. The summed E-state index contributed by atoms with van der Waals surface area (Å²) in [5.41, 5.74) is -1.75. The number of aliphatic hydroxyl groups excluding tert-OH is 2. The summed E-state index contributed by atoms with van der Waals surface area (Å²) in [4.78, 5) is 25.4. The highest BCUT2D eigenvalue weighted by molar-refractivity contribution is 5.78. The van der Waals surface area contributed by atoms with E-state index < -0.39 is 40.4 Å². The Balaban J connectivity index is 1.61. The minimum Gasteiger partial charge on any atom is -0.481 e. The van der Waals surface area contributed by atoms with E-state index in [0.29, 0.717) is 25.2 Å². The molecule has 0 amide bonds. The fourth-order valence-electron chi connectivity index (χ4n) is 11.0. The second kappa shape index (κ2) is 7.59. The molecule has 0 radical (unpaired) electrons. The van der Waals surface area contributed by atoms with Crippen molar-refractivity contribution in [1.82, 2.24) is 0 Å². The Morgan fingerprint density at radius 1 is 0.861 bits per heavy atom. The van der Waals surface area contributed by atoms with E-state index in [4.69, 9.17) is 0 Å². The molecule has 0 aromatic rings. The van der Waals surface area contributed by atoms with Gasteiger partial charge in [-0.2, -0.15) is 0 Å². The summed E-state index contributed by atoms with van der Waals surface area (Å²) in [6.45, 7) is 12.8. The molecule has 0 bridgehead atoms. The molecule has 5 aliphatic carbocycles. The fourth-order valence-corrected chi connectivity index (χ4v) is 11.0. The van der Waals surface area contributed by atoms with Crippen LogP contribution >= 0.6 is 0 Å². The molecule has 0 aliphatic heterocycles. The highest BCUT2D eigenvalue weighted by Gasteiger charge is 2.71. The van der Waals surface area contributed by atoms with E-state index in [9.17, 15) is 30.0 Å². The molecule has 202 valence electrons. The summed E-state index contributed by atoms with van der Waals surface area (Å²) in [6, 6.07) is 0. The standard InChI is InChI=1S/C30H46O6/c1-25(2)13-14-30(24(35)36)12-9-17-18-7-8-21-27(4,15-20(31)22(32)29(21,6)23(33)34)26(18,3)11-10-19(17)28(30,5)16-25/h10,17-18,20-22,31-32H,7-9,11-16H2,1-6H3,(H,33,34)(H,35,36)/t17?,18?,20?,21?,22?,26-,27?,28?,29?,30?/m0/s1. The van der Waals surface area contributed by atoms with Crippen molar-refractivity contribution >= 4 is 11.9 Å². The largest absolute Gasteiger partial charge is 0.481 e. The van der Waals surface area contributed by atoms with Crippen molar-refractivity contribution < 1.29 is 30.0 Å². The lowest BCUT2D eigenvalue weighted by molar-refractivity contribution is -0.242. The van der Waals surface area contributed by atoms with Gasteiger partial charge < -0.3 is 20.4 Å². The molecule has 6 heteroatoms. The van der Waals surface area contributed by atoms with Gasteiger partial charge in [-0.1, -0.05) is 46.3 Å². The van der Waals surface area contributed by atoms with E-state index in [0.717, 1.165) is 38.5 Å². The van der Waals surface area contributed by atoms with Crippen molar-refractivity contribution in [2.75, 3.05) is 0 Å². The van der Waals surface area contributed by atoms with Crippen molar-refractivity contribution in [3.05, 3.63) is 11.6 Å². The fraction of sp³-hybridized carbons (Fsp3) is 0.867. The maximum absolute atomic E-state index is 12.9. The Hall–Kier alpha value is -1.40. The first-order chi connectivity index (χ1) is 16.5. The van der Waals surface area contributed by atoms with E-state index in [1.54, 1.807) is 6.92 Å². The summed E-state index contributed by atoms with van der Waals surface area (Å²) >= 11 is 0. The molecule has 0 aromatic heterocycles. The van der Waals surface area contributed by atoms with Crippen molar-refractivity contribution in [3.8, 4) is 0 Å². The number of carbonyl (C=O) groups is 2. The lowest BCUT2D eigenvalue weighted by atomic mass is 9.34. The molecule has 36 heavy (non-hydrogen) atoms.